The molecule has 14 heavy (non-hydrogen) atoms. The molecule has 4 heteroatoms. The third kappa shape index (κ3) is 5.01. The Morgan fingerprint density at radius 3 is 1.71 bits per heavy atom. The summed E-state index contributed by atoms with van der Waals surface area (Å²) in [5.41, 5.74) is 0. The van der Waals surface area contributed by atoms with Crippen LogP contribution in [0, 0.1) is 0 Å². The molecule has 0 rings (SSSR count). The van der Waals surface area contributed by atoms with Gasteiger partial charge in [0.15, 0.2) is 0 Å². The predicted octanol–water partition coefficient (Wildman–Crippen LogP) is 3.59. The summed E-state index contributed by atoms with van der Waals surface area (Å²) in [6.07, 6.45) is 6.49. The van der Waals surface area contributed by atoms with Crippen molar-refractivity contribution in [2.24, 2.45) is 0 Å². The molecule has 0 heterocycles. The highest BCUT2D eigenvalue weighted by Gasteiger charge is 2.08. The number of rotatable bonds is 7. The zero-order valence-electron chi connectivity index (χ0n) is 9.79. The molecule has 0 atom stereocenters. The van der Waals surface area contributed by atoms with Crippen LogP contribution < -0.4 is 0 Å². The van der Waals surface area contributed by atoms with E-state index in [2.05, 4.69) is 37.5 Å². The summed E-state index contributed by atoms with van der Waals surface area (Å²) < 4.78 is 1.46. The van der Waals surface area contributed by atoms with Gasteiger partial charge in [-0.15, -0.1) is 35.3 Å². The lowest BCUT2D eigenvalue weighted by molar-refractivity contribution is 0.335. The van der Waals surface area contributed by atoms with Crippen LogP contribution in [-0.2, 0) is 0 Å². The monoisotopic (exact) mass is 251 g/mol. The second-order valence-electron chi connectivity index (χ2n) is 2.78. The quantitative estimate of drug-likeness (QED) is 0.680. The molecule has 0 saturated heterocycles. The van der Waals surface area contributed by atoms with E-state index in [1.54, 1.807) is 0 Å². The van der Waals surface area contributed by atoms with Gasteiger partial charge in [-0.25, -0.2) is 0 Å². The van der Waals surface area contributed by atoms with Crippen LogP contribution >= 0.6 is 35.3 Å². The molecule has 0 aromatic rings. The van der Waals surface area contributed by atoms with Crippen molar-refractivity contribution in [2.45, 2.75) is 13.8 Å². The van der Waals surface area contributed by atoms with Crippen LogP contribution in [0.3, 0.4) is 0 Å². The Balaban J connectivity index is 4.46. The van der Waals surface area contributed by atoms with E-state index in [-0.39, 0.29) is 0 Å². The van der Waals surface area contributed by atoms with Crippen molar-refractivity contribution in [3.63, 3.8) is 0 Å². The van der Waals surface area contributed by atoms with Crippen LogP contribution in [0.15, 0.2) is 9.14 Å². The van der Waals surface area contributed by atoms with Gasteiger partial charge < -0.3 is 0 Å². The van der Waals surface area contributed by atoms with E-state index >= 15 is 0 Å². The van der Waals surface area contributed by atoms with Gasteiger partial charge in [-0.2, -0.15) is 0 Å². The minimum Gasteiger partial charge on any atom is -0.299 e. The normalized spacial score (nSPS) is 10.7. The summed E-state index contributed by atoms with van der Waals surface area (Å²) in [6, 6.07) is 0. The van der Waals surface area contributed by atoms with Crippen LogP contribution in [0.4, 0.5) is 0 Å². The molecule has 0 saturated carbocycles. The van der Waals surface area contributed by atoms with E-state index < -0.39 is 0 Å². The summed E-state index contributed by atoms with van der Waals surface area (Å²) in [4.78, 5) is 3.96. The van der Waals surface area contributed by atoms with E-state index in [9.17, 15) is 0 Å². The van der Waals surface area contributed by atoms with Gasteiger partial charge in [0.1, 0.15) is 0 Å². The number of hydrogen-bond donors (Lipinski definition) is 0. The molecule has 0 aliphatic heterocycles. The van der Waals surface area contributed by atoms with Crippen LogP contribution in [0.2, 0.25) is 0 Å². The zero-order valence-corrected chi connectivity index (χ0v) is 12.2. The number of nitrogens with zero attached hydrogens (tertiary/aromatic N) is 1. The molecule has 0 aliphatic rings. The molecule has 0 spiro atoms. The van der Waals surface area contributed by atoms with Crippen molar-refractivity contribution in [3.05, 3.63) is 9.14 Å². The van der Waals surface area contributed by atoms with Crippen LogP contribution in [0.1, 0.15) is 13.8 Å². The topological polar surface area (TPSA) is 3.24 Å². The standard InChI is InChI=1S/C10H21NS3/c1-6-11(7-2)8-9(12-3)10(13-4)14-5/h6-8H2,1-5H3. The molecule has 0 bridgehead atoms. The van der Waals surface area contributed by atoms with Crippen LogP contribution in [0.25, 0.3) is 0 Å². The molecule has 0 fully saturated rings. The molecule has 0 unspecified atom stereocenters. The van der Waals surface area contributed by atoms with Crippen LogP contribution in [0.5, 0.6) is 0 Å². The maximum absolute atomic E-state index is 2.46. The zero-order chi connectivity index (χ0) is 11.0. The average Bonchev–Trinajstić information content (AvgIpc) is 2.24. The molecular weight excluding hydrogens is 230 g/mol. The molecule has 84 valence electrons. The lowest BCUT2D eigenvalue weighted by atomic mass is 10.4. The van der Waals surface area contributed by atoms with Gasteiger partial charge >= 0.3 is 0 Å². The first kappa shape index (κ1) is 14.8. The highest BCUT2D eigenvalue weighted by molar-refractivity contribution is 8.22. The smallest absolute Gasteiger partial charge is 0.0504 e. The molecule has 0 aromatic carbocycles. The highest BCUT2D eigenvalue weighted by atomic mass is 32.2. The summed E-state index contributed by atoms with van der Waals surface area (Å²) >= 11 is 5.60. The van der Waals surface area contributed by atoms with E-state index in [1.165, 1.54) is 9.14 Å². The Kier molecular flexibility index (Phi) is 9.49. The summed E-state index contributed by atoms with van der Waals surface area (Å²) in [7, 11) is 0. The molecule has 0 N–H and O–H groups in total. The van der Waals surface area contributed by atoms with Gasteiger partial charge in [0.2, 0.25) is 0 Å². The summed E-state index contributed by atoms with van der Waals surface area (Å²) in [5.74, 6) is 0. The third-order valence-corrected chi connectivity index (χ3v) is 5.43. The second-order valence-corrected chi connectivity index (χ2v) is 5.58. The lowest BCUT2D eigenvalue weighted by Gasteiger charge is -2.20. The van der Waals surface area contributed by atoms with Gasteiger partial charge in [-0.3, -0.25) is 4.90 Å². The fourth-order valence-corrected chi connectivity index (χ4v) is 3.90. The first-order valence-electron chi connectivity index (χ1n) is 4.80. The maximum Gasteiger partial charge on any atom is 0.0504 e. The molecule has 1 nitrogen and oxygen atoms in total. The summed E-state index contributed by atoms with van der Waals surface area (Å²) in [6.45, 7) is 7.82. The molecule has 0 aliphatic carbocycles. The van der Waals surface area contributed by atoms with Gasteiger partial charge in [0, 0.05) is 11.4 Å². The summed E-state index contributed by atoms with van der Waals surface area (Å²) in [5, 5.41) is 0. The first-order chi connectivity index (χ1) is 6.73. The predicted molar refractivity (Wildman–Crippen MR) is 75.4 cm³/mol. The van der Waals surface area contributed by atoms with Crippen LogP contribution in [-0.4, -0.2) is 43.3 Å². The fourth-order valence-electron chi connectivity index (χ4n) is 1.17. The molecular formula is C10H21NS3. The number of hydrogen-bond acceptors (Lipinski definition) is 4. The molecule has 0 radical (unpaired) electrons. The fraction of sp³-hybridized carbons (Fsp3) is 0.800. The Hall–Kier alpha value is 0.750. The SMILES string of the molecule is CCN(CC)CC(SC)=C(SC)SC. The Labute approximate surface area is 101 Å². The Morgan fingerprint density at radius 1 is 0.929 bits per heavy atom. The van der Waals surface area contributed by atoms with Crippen molar-refractivity contribution < 1.29 is 0 Å². The maximum atomic E-state index is 2.46. The van der Waals surface area contributed by atoms with E-state index in [0.29, 0.717) is 0 Å². The first-order valence-corrected chi connectivity index (χ1v) is 8.48. The Bertz CT molecular complexity index is 170. The van der Waals surface area contributed by atoms with Gasteiger partial charge in [-0.1, -0.05) is 13.8 Å². The van der Waals surface area contributed by atoms with Crippen molar-refractivity contribution >= 4 is 35.3 Å². The number of thioether (sulfide) groups is 3. The van der Waals surface area contributed by atoms with Crippen molar-refractivity contribution in [2.75, 3.05) is 38.4 Å². The Morgan fingerprint density at radius 2 is 1.43 bits per heavy atom. The largest absolute Gasteiger partial charge is 0.299 e. The minimum atomic E-state index is 1.10. The van der Waals surface area contributed by atoms with Gasteiger partial charge in [-0.05, 0) is 31.9 Å². The van der Waals surface area contributed by atoms with Crippen molar-refractivity contribution in [3.8, 4) is 0 Å². The van der Waals surface area contributed by atoms with Gasteiger partial charge in [0.05, 0.1) is 4.24 Å². The third-order valence-electron chi connectivity index (χ3n) is 2.11. The highest BCUT2D eigenvalue weighted by Crippen LogP contribution is 2.32. The number of likely N-dealkylation sites (N-methyl/N-ethyl adjacent to an activating group) is 1. The average molecular weight is 251 g/mol. The van der Waals surface area contributed by atoms with Crippen molar-refractivity contribution in [1.29, 1.82) is 0 Å². The lowest BCUT2D eigenvalue weighted by Crippen LogP contribution is -2.24. The van der Waals surface area contributed by atoms with E-state index in [4.69, 9.17) is 0 Å². The van der Waals surface area contributed by atoms with Crippen molar-refractivity contribution in [1.82, 2.24) is 4.90 Å². The molecule has 0 amide bonds. The molecule has 0 aromatic heterocycles. The minimum absolute atomic E-state index is 1.10. The second kappa shape index (κ2) is 9.01. The van der Waals surface area contributed by atoms with E-state index in [0.717, 1.165) is 19.6 Å². The van der Waals surface area contributed by atoms with Gasteiger partial charge in [0.25, 0.3) is 0 Å². The van der Waals surface area contributed by atoms with E-state index in [1.807, 2.05) is 35.3 Å².